The molecule has 2 rings (SSSR count). The molecule has 0 aliphatic heterocycles. The predicted molar refractivity (Wildman–Crippen MR) is 79.1 cm³/mol. The Balaban J connectivity index is 2.24. The van der Waals surface area contributed by atoms with E-state index in [9.17, 15) is 0 Å². The fourth-order valence-electron chi connectivity index (χ4n) is 1.69. The quantitative estimate of drug-likeness (QED) is 0.907. The molecule has 5 heteroatoms. The molecule has 4 nitrogen and oxygen atoms in total. The minimum atomic E-state index is 0.275. The minimum absolute atomic E-state index is 0.275. The standard InChI is InChI=1S/C14H19N3OS/c1-9(2)12-16-13(15-4)10(3)14(17-12)18-8-11-6-5-7-19-11/h5-7,9H,8H2,1-4H3,(H,15,16,17). The topological polar surface area (TPSA) is 47.0 Å². The van der Waals surface area contributed by atoms with Crippen LogP contribution in [0.4, 0.5) is 5.82 Å². The summed E-state index contributed by atoms with van der Waals surface area (Å²) in [6, 6.07) is 4.08. The van der Waals surface area contributed by atoms with Gasteiger partial charge in [-0.1, -0.05) is 19.9 Å². The molecule has 0 aliphatic rings. The molecule has 0 bridgehead atoms. The van der Waals surface area contributed by atoms with Gasteiger partial charge in [-0.3, -0.25) is 0 Å². The number of ether oxygens (including phenoxy) is 1. The van der Waals surface area contributed by atoms with E-state index in [1.807, 2.05) is 25.4 Å². The SMILES string of the molecule is CNc1nc(C(C)C)nc(OCc2cccs2)c1C. The molecule has 0 fully saturated rings. The van der Waals surface area contributed by atoms with E-state index in [1.165, 1.54) is 4.88 Å². The van der Waals surface area contributed by atoms with Crippen molar-refractivity contribution >= 4 is 17.2 Å². The van der Waals surface area contributed by atoms with Gasteiger partial charge in [0.05, 0.1) is 5.56 Å². The van der Waals surface area contributed by atoms with Crippen molar-refractivity contribution in [1.29, 1.82) is 0 Å². The third kappa shape index (κ3) is 3.23. The van der Waals surface area contributed by atoms with Crippen molar-refractivity contribution in [3.8, 4) is 5.88 Å². The first-order valence-electron chi connectivity index (χ1n) is 6.33. The first-order chi connectivity index (χ1) is 9.11. The van der Waals surface area contributed by atoms with Crippen LogP contribution < -0.4 is 10.1 Å². The Bertz CT molecular complexity index is 538. The maximum absolute atomic E-state index is 5.83. The van der Waals surface area contributed by atoms with Crippen LogP contribution in [-0.4, -0.2) is 17.0 Å². The molecule has 0 amide bonds. The summed E-state index contributed by atoms with van der Waals surface area (Å²) in [7, 11) is 1.86. The van der Waals surface area contributed by atoms with Crippen LogP contribution in [0.5, 0.6) is 5.88 Å². The van der Waals surface area contributed by atoms with Gasteiger partial charge >= 0.3 is 0 Å². The van der Waals surface area contributed by atoms with Gasteiger partial charge in [0.15, 0.2) is 0 Å². The van der Waals surface area contributed by atoms with Gasteiger partial charge in [-0.05, 0) is 18.4 Å². The van der Waals surface area contributed by atoms with Crippen molar-refractivity contribution in [3.63, 3.8) is 0 Å². The summed E-state index contributed by atoms with van der Waals surface area (Å²) in [4.78, 5) is 10.2. The fourth-order valence-corrected chi connectivity index (χ4v) is 2.30. The minimum Gasteiger partial charge on any atom is -0.472 e. The van der Waals surface area contributed by atoms with Crippen LogP contribution in [0.2, 0.25) is 0 Å². The molecule has 2 aromatic rings. The average Bonchev–Trinajstić information content (AvgIpc) is 2.90. The van der Waals surface area contributed by atoms with Crippen LogP contribution in [0, 0.1) is 6.92 Å². The van der Waals surface area contributed by atoms with E-state index in [1.54, 1.807) is 11.3 Å². The molecule has 1 N–H and O–H groups in total. The Kier molecular flexibility index (Phi) is 4.37. The smallest absolute Gasteiger partial charge is 0.222 e. The van der Waals surface area contributed by atoms with Crippen molar-refractivity contribution in [2.24, 2.45) is 0 Å². The molecular weight excluding hydrogens is 258 g/mol. The van der Waals surface area contributed by atoms with Crippen molar-refractivity contribution in [3.05, 3.63) is 33.8 Å². The number of aromatic nitrogens is 2. The molecule has 2 heterocycles. The summed E-state index contributed by atoms with van der Waals surface area (Å²) in [5.74, 6) is 2.57. The Morgan fingerprint density at radius 3 is 2.74 bits per heavy atom. The maximum Gasteiger partial charge on any atom is 0.222 e. The summed E-state index contributed by atoms with van der Waals surface area (Å²) in [6.07, 6.45) is 0. The van der Waals surface area contributed by atoms with E-state index >= 15 is 0 Å². The molecule has 0 spiro atoms. The summed E-state index contributed by atoms with van der Waals surface area (Å²) >= 11 is 1.68. The highest BCUT2D eigenvalue weighted by molar-refractivity contribution is 7.09. The van der Waals surface area contributed by atoms with Gasteiger partial charge in [0.1, 0.15) is 18.2 Å². The van der Waals surface area contributed by atoms with Gasteiger partial charge in [0, 0.05) is 17.8 Å². The van der Waals surface area contributed by atoms with Crippen LogP contribution >= 0.6 is 11.3 Å². The molecular formula is C14H19N3OS. The van der Waals surface area contributed by atoms with E-state index < -0.39 is 0 Å². The van der Waals surface area contributed by atoms with E-state index in [-0.39, 0.29) is 5.92 Å². The number of hydrogen-bond acceptors (Lipinski definition) is 5. The Labute approximate surface area is 117 Å². The molecule has 0 saturated carbocycles. The van der Waals surface area contributed by atoms with Gasteiger partial charge in [-0.25, -0.2) is 4.98 Å². The Morgan fingerprint density at radius 1 is 1.37 bits per heavy atom. The number of nitrogens with zero attached hydrogens (tertiary/aromatic N) is 2. The van der Waals surface area contributed by atoms with E-state index in [0.717, 1.165) is 17.2 Å². The fraction of sp³-hybridized carbons (Fsp3) is 0.429. The lowest BCUT2D eigenvalue weighted by Gasteiger charge is -2.14. The maximum atomic E-state index is 5.83. The molecule has 0 saturated heterocycles. The molecule has 19 heavy (non-hydrogen) atoms. The van der Waals surface area contributed by atoms with Gasteiger partial charge in [0.2, 0.25) is 5.88 Å². The van der Waals surface area contributed by atoms with Crippen LogP contribution in [0.1, 0.15) is 36.0 Å². The second-order valence-electron chi connectivity index (χ2n) is 4.63. The highest BCUT2D eigenvalue weighted by atomic mass is 32.1. The average molecular weight is 277 g/mol. The van der Waals surface area contributed by atoms with Crippen LogP contribution in [0.25, 0.3) is 0 Å². The number of thiophene rings is 1. The molecule has 2 aromatic heterocycles. The lowest BCUT2D eigenvalue weighted by molar-refractivity contribution is 0.293. The van der Waals surface area contributed by atoms with Crippen LogP contribution in [-0.2, 0) is 6.61 Å². The molecule has 0 aromatic carbocycles. The highest BCUT2D eigenvalue weighted by Gasteiger charge is 2.13. The monoisotopic (exact) mass is 277 g/mol. The van der Waals surface area contributed by atoms with Gasteiger partial charge in [0.25, 0.3) is 0 Å². The van der Waals surface area contributed by atoms with Crippen molar-refractivity contribution < 1.29 is 4.74 Å². The molecule has 0 unspecified atom stereocenters. The first kappa shape index (κ1) is 13.8. The summed E-state index contributed by atoms with van der Waals surface area (Å²) in [5.41, 5.74) is 0.948. The first-order valence-corrected chi connectivity index (χ1v) is 7.21. The number of anilines is 1. The summed E-state index contributed by atoms with van der Waals surface area (Å²) in [6.45, 7) is 6.68. The largest absolute Gasteiger partial charge is 0.472 e. The lowest BCUT2D eigenvalue weighted by atomic mass is 10.2. The molecule has 0 atom stereocenters. The third-order valence-corrected chi connectivity index (χ3v) is 3.65. The molecule has 0 radical (unpaired) electrons. The number of rotatable bonds is 5. The number of nitrogens with one attached hydrogen (secondary N) is 1. The van der Waals surface area contributed by atoms with Crippen molar-refractivity contribution in [1.82, 2.24) is 9.97 Å². The predicted octanol–water partition coefficient (Wildman–Crippen LogP) is 3.59. The molecule has 0 aliphatic carbocycles. The Morgan fingerprint density at radius 2 is 2.16 bits per heavy atom. The zero-order valence-corrected chi connectivity index (χ0v) is 12.5. The van der Waals surface area contributed by atoms with E-state index in [2.05, 4.69) is 35.2 Å². The van der Waals surface area contributed by atoms with Crippen molar-refractivity contribution in [2.75, 3.05) is 12.4 Å². The summed E-state index contributed by atoms with van der Waals surface area (Å²) in [5, 5.41) is 5.14. The van der Waals surface area contributed by atoms with Crippen LogP contribution in [0.15, 0.2) is 17.5 Å². The van der Waals surface area contributed by atoms with Gasteiger partial charge in [-0.2, -0.15) is 4.98 Å². The third-order valence-electron chi connectivity index (χ3n) is 2.80. The zero-order valence-electron chi connectivity index (χ0n) is 11.7. The van der Waals surface area contributed by atoms with Crippen molar-refractivity contribution in [2.45, 2.75) is 33.3 Å². The molecule has 102 valence electrons. The van der Waals surface area contributed by atoms with E-state index in [4.69, 9.17) is 4.74 Å². The van der Waals surface area contributed by atoms with Gasteiger partial charge < -0.3 is 10.1 Å². The lowest BCUT2D eigenvalue weighted by Crippen LogP contribution is -2.08. The van der Waals surface area contributed by atoms with Gasteiger partial charge in [-0.15, -0.1) is 11.3 Å². The normalized spacial score (nSPS) is 10.8. The highest BCUT2D eigenvalue weighted by Crippen LogP contribution is 2.25. The second kappa shape index (κ2) is 6.02. The Hall–Kier alpha value is -1.62. The number of hydrogen-bond donors (Lipinski definition) is 1. The summed E-state index contributed by atoms with van der Waals surface area (Å²) < 4.78 is 5.83. The second-order valence-corrected chi connectivity index (χ2v) is 5.67. The van der Waals surface area contributed by atoms with Crippen LogP contribution in [0.3, 0.4) is 0 Å². The zero-order chi connectivity index (χ0) is 13.8. The van der Waals surface area contributed by atoms with E-state index in [0.29, 0.717) is 12.5 Å².